The van der Waals surface area contributed by atoms with Gasteiger partial charge in [0.15, 0.2) is 5.13 Å². The van der Waals surface area contributed by atoms with Crippen molar-refractivity contribution < 1.29 is 14.6 Å². The number of aryl methyl sites for hydroxylation is 1. The zero-order valence-electron chi connectivity index (χ0n) is 16.3. The lowest BCUT2D eigenvalue weighted by Gasteiger charge is -2.09. The van der Waals surface area contributed by atoms with E-state index in [1.165, 1.54) is 47.9 Å². The molecule has 0 saturated carbocycles. The molecular formula is C21H16N4O5S. The lowest BCUT2D eigenvalue weighted by molar-refractivity contribution is -0.384. The Labute approximate surface area is 179 Å². The summed E-state index contributed by atoms with van der Waals surface area (Å²) in [6, 6.07) is 14.6. The fraction of sp³-hybridized carbons (Fsp3) is 0.0952. The van der Waals surface area contributed by atoms with Gasteiger partial charge in [-0.3, -0.25) is 25.0 Å². The minimum Gasteiger partial charge on any atom is -0.406 e. The molecular weight excluding hydrogens is 420 g/mol. The summed E-state index contributed by atoms with van der Waals surface area (Å²) in [6.07, 6.45) is 1.37. The van der Waals surface area contributed by atoms with Crippen molar-refractivity contribution >= 4 is 38.3 Å². The van der Waals surface area contributed by atoms with Gasteiger partial charge in [-0.05, 0) is 36.2 Å². The molecule has 0 radical (unpaired) electrons. The van der Waals surface area contributed by atoms with Gasteiger partial charge < -0.3 is 4.84 Å². The molecule has 2 heterocycles. The number of non-ortho nitro benzene ring substituents is 1. The third-order valence-corrected chi connectivity index (χ3v) is 5.43. The Balaban J connectivity index is 1.52. The van der Waals surface area contributed by atoms with E-state index in [1.807, 2.05) is 25.1 Å². The Hall–Kier alpha value is -4.05. The van der Waals surface area contributed by atoms with Crippen molar-refractivity contribution in [2.45, 2.75) is 13.5 Å². The molecule has 10 heteroatoms. The Kier molecular flexibility index (Phi) is 5.46. The second-order valence-electron chi connectivity index (χ2n) is 6.65. The average Bonchev–Trinajstić information content (AvgIpc) is 3.17. The topological polar surface area (TPSA) is 116 Å². The van der Waals surface area contributed by atoms with E-state index >= 15 is 0 Å². The predicted molar refractivity (Wildman–Crippen MR) is 116 cm³/mol. The second kappa shape index (κ2) is 8.36. The maximum Gasteiger partial charge on any atom is 0.295 e. The number of para-hydroxylation sites is 1. The Bertz CT molecular complexity index is 1360. The fourth-order valence-electron chi connectivity index (χ4n) is 2.96. The molecule has 1 N–H and O–H groups in total. The number of benzene rings is 2. The summed E-state index contributed by atoms with van der Waals surface area (Å²) < 4.78 is 1.86. The molecule has 0 aliphatic rings. The average molecular weight is 436 g/mol. The standard InChI is InChI=1S/C21H16N4O5S/c1-13-5-2-9-17-18(13)22-21(31-17)23-19(26)16-8-4-10-24(20(16)27)30-12-14-6-3-7-15(11-14)25(28)29/h2-11H,12H2,1H3,(H,22,23,26). The van der Waals surface area contributed by atoms with Gasteiger partial charge in [-0.2, -0.15) is 4.73 Å². The number of rotatable bonds is 6. The van der Waals surface area contributed by atoms with Gasteiger partial charge >= 0.3 is 0 Å². The van der Waals surface area contributed by atoms with Crippen LogP contribution in [0.4, 0.5) is 10.8 Å². The molecule has 0 unspecified atom stereocenters. The number of nitro benzene ring substituents is 1. The first-order chi connectivity index (χ1) is 14.9. The van der Waals surface area contributed by atoms with Crippen molar-refractivity contribution in [1.82, 2.24) is 9.71 Å². The van der Waals surface area contributed by atoms with E-state index < -0.39 is 16.4 Å². The number of nitro groups is 1. The molecule has 9 nitrogen and oxygen atoms in total. The van der Waals surface area contributed by atoms with E-state index in [9.17, 15) is 19.7 Å². The molecule has 2 aromatic carbocycles. The molecule has 0 saturated heterocycles. The van der Waals surface area contributed by atoms with Gasteiger partial charge in [-0.25, -0.2) is 4.98 Å². The van der Waals surface area contributed by atoms with E-state index in [-0.39, 0.29) is 17.9 Å². The van der Waals surface area contributed by atoms with Crippen LogP contribution in [0.3, 0.4) is 0 Å². The smallest absolute Gasteiger partial charge is 0.295 e. The molecule has 0 fully saturated rings. The van der Waals surface area contributed by atoms with Crippen molar-refractivity contribution in [2.75, 3.05) is 5.32 Å². The van der Waals surface area contributed by atoms with Crippen LogP contribution in [0.25, 0.3) is 10.2 Å². The monoisotopic (exact) mass is 436 g/mol. The Morgan fingerprint density at radius 3 is 2.81 bits per heavy atom. The number of nitrogens with zero attached hydrogens (tertiary/aromatic N) is 3. The highest BCUT2D eigenvalue weighted by molar-refractivity contribution is 7.22. The van der Waals surface area contributed by atoms with Crippen LogP contribution >= 0.6 is 11.3 Å². The van der Waals surface area contributed by atoms with E-state index in [0.717, 1.165) is 20.5 Å². The quantitative estimate of drug-likeness (QED) is 0.365. The maximum atomic E-state index is 12.7. The number of carbonyl (C=O) groups is 1. The van der Waals surface area contributed by atoms with Gasteiger partial charge in [-0.15, -0.1) is 0 Å². The molecule has 0 atom stereocenters. The van der Waals surface area contributed by atoms with Crippen molar-refractivity contribution in [1.29, 1.82) is 0 Å². The summed E-state index contributed by atoms with van der Waals surface area (Å²) >= 11 is 1.32. The number of anilines is 1. The highest BCUT2D eigenvalue weighted by Crippen LogP contribution is 2.28. The van der Waals surface area contributed by atoms with E-state index in [2.05, 4.69) is 10.3 Å². The number of hydrogen-bond acceptors (Lipinski definition) is 7. The number of pyridine rings is 1. The summed E-state index contributed by atoms with van der Waals surface area (Å²) in [5, 5.41) is 13.9. The first-order valence-corrected chi connectivity index (χ1v) is 10.00. The van der Waals surface area contributed by atoms with Crippen LogP contribution in [-0.4, -0.2) is 20.5 Å². The van der Waals surface area contributed by atoms with Crippen LogP contribution in [0.1, 0.15) is 21.5 Å². The van der Waals surface area contributed by atoms with E-state index in [1.54, 1.807) is 6.07 Å². The molecule has 4 rings (SSSR count). The van der Waals surface area contributed by atoms with Gasteiger partial charge in [0, 0.05) is 18.3 Å². The molecule has 2 aromatic heterocycles. The number of thiazole rings is 1. The summed E-state index contributed by atoms with van der Waals surface area (Å²) in [6.45, 7) is 1.85. The number of hydrogen-bond donors (Lipinski definition) is 1. The molecule has 4 aromatic rings. The minimum absolute atomic E-state index is 0.0763. The minimum atomic E-state index is -0.650. The van der Waals surface area contributed by atoms with Crippen LogP contribution in [0.15, 0.2) is 65.6 Å². The molecule has 0 aliphatic heterocycles. The first kappa shape index (κ1) is 20.2. The number of fused-ring (bicyclic) bond motifs is 1. The molecule has 0 bridgehead atoms. The van der Waals surface area contributed by atoms with Gasteiger partial charge in [0.25, 0.3) is 17.2 Å². The summed E-state index contributed by atoms with van der Waals surface area (Å²) in [5.74, 6) is -0.602. The Morgan fingerprint density at radius 1 is 1.23 bits per heavy atom. The lowest BCUT2D eigenvalue weighted by atomic mass is 10.2. The fourth-order valence-corrected chi connectivity index (χ4v) is 3.90. The van der Waals surface area contributed by atoms with Crippen molar-refractivity contribution in [2.24, 2.45) is 0 Å². The SMILES string of the molecule is Cc1cccc2sc(NC(=O)c3cccn(OCc4cccc([N+](=O)[O-])c4)c3=O)nc12. The zero-order chi connectivity index (χ0) is 22.0. The van der Waals surface area contributed by atoms with Crippen molar-refractivity contribution in [3.8, 4) is 0 Å². The molecule has 0 spiro atoms. The number of amides is 1. The van der Waals surface area contributed by atoms with Crippen molar-refractivity contribution in [3.63, 3.8) is 0 Å². The van der Waals surface area contributed by atoms with Crippen LogP contribution in [-0.2, 0) is 6.61 Å². The first-order valence-electron chi connectivity index (χ1n) is 9.18. The van der Waals surface area contributed by atoms with Gasteiger partial charge in [0.1, 0.15) is 12.2 Å². The summed E-state index contributed by atoms with van der Waals surface area (Å²) in [7, 11) is 0. The normalized spacial score (nSPS) is 10.7. The van der Waals surface area contributed by atoms with Crippen molar-refractivity contribution in [3.05, 3.63) is 98.0 Å². The van der Waals surface area contributed by atoms with Gasteiger partial charge in [-0.1, -0.05) is 35.6 Å². The summed E-state index contributed by atoms with van der Waals surface area (Å²) in [4.78, 5) is 45.6. The van der Waals surface area contributed by atoms with E-state index in [4.69, 9.17) is 4.84 Å². The highest BCUT2D eigenvalue weighted by Gasteiger charge is 2.16. The largest absolute Gasteiger partial charge is 0.406 e. The molecule has 156 valence electrons. The van der Waals surface area contributed by atoms with Crippen LogP contribution < -0.4 is 15.7 Å². The number of aromatic nitrogens is 2. The zero-order valence-corrected chi connectivity index (χ0v) is 17.1. The molecule has 0 aliphatic carbocycles. The molecule has 31 heavy (non-hydrogen) atoms. The number of carbonyl (C=O) groups excluding carboxylic acids is 1. The highest BCUT2D eigenvalue weighted by atomic mass is 32.1. The van der Waals surface area contributed by atoms with Gasteiger partial charge in [0.2, 0.25) is 0 Å². The van der Waals surface area contributed by atoms with Crippen LogP contribution in [0.5, 0.6) is 0 Å². The Morgan fingerprint density at radius 2 is 2.03 bits per heavy atom. The maximum absolute atomic E-state index is 12.7. The number of nitrogens with one attached hydrogen (secondary N) is 1. The lowest BCUT2D eigenvalue weighted by Crippen LogP contribution is -2.32. The van der Waals surface area contributed by atoms with E-state index in [0.29, 0.717) is 10.7 Å². The molecule has 1 amide bonds. The third kappa shape index (κ3) is 4.28. The second-order valence-corrected chi connectivity index (χ2v) is 7.68. The van der Waals surface area contributed by atoms with Crippen LogP contribution in [0, 0.1) is 17.0 Å². The third-order valence-electron chi connectivity index (χ3n) is 4.49. The van der Waals surface area contributed by atoms with Gasteiger partial charge in [0.05, 0.1) is 15.1 Å². The predicted octanol–water partition coefficient (Wildman–Crippen LogP) is 3.56. The van der Waals surface area contributed by atoms with Crippen LogP contribution in [0.2, 0.25) is 0 Å². The summed E-state index contributed by atoms with van der Waals surface area (Å²) in [5.41, 5.74) is 1.47.